The number of fused-ring (bicyclic) bond motifs is 3. The van der Waals surface area contributed by atoms with Crippen LogP contribution in [0.2, 0.25) is 0 Å². The van der Waals surface area contributed by atoms with E-state index >= 15 is 0 Å². The van der Waals surface area contributed by atoms with Crippen LogP contribution >= 0.6 is 11.3 Å². The van der Waals surface area contributed by atoms with Gasteiger partial charge >= 0.3 is 0 Å². The van der Waals surface area contributed by atoms with Crippen molar-refractivity contribution in [3.63, 3.8) is 0 Å². The van der Waals surface area contributed by atoms with Gasteiger partial charge < -0.3 is 38.5 Å². The molecule has 3 aromatic rings. The molecule has 2 saturated heterocycles. The summed E-state index contributed by atoms with van der Waals surface area (Å²) in [5.41, 5.74) is 7.64. The Morgan fingerprint density at radius 3 is 2.21 bits per heavy atom. The van der Waals surface area contributed by atoms with Crippen LogP contribution in [0.5, 0.6) is 0 Å². The highest BCUT2D eigenvalue weighted by molar-refractivity contribution is 7.24. The van der Waals surface area contributed by atoms with Crippen molar-refractivity contribution in [1.29, 1.82) is 0 Å². The molecule has 1 aliphatic carbocycles. The third-order valence-electron chi connectivity index (χ3n) is 7.90. The van der Waals surface area contributed by atoms with E-state index in [0.717, 1.165) is 43.8 Å². The Bertz CT molecular complexity index is 1160. The minimum absolute atomic E-state index is 0. The fourth-order valence-corrected chi connectivity index (χ4v) is 7.45. The predicted molar refractivity (Wildman–Crippen MR) is 136 cm³/mol. The first-order valence-electron chi connectivity index (χ1n) is 12.5. The second-order valence-electron chi connectivity index (χ2n) is 9.98. The molecule has 0 spiro atoms. The maximum Gasteiger partial charge on any atom is 0.259 e. The van der Waals surface area contributed by atoms with Gasteiger partial charge in [0.15, 0.2) is 0 Å². The maximum atomic E-state index is 5.56. The molecule has 2 atom stereocenters. The van der Waals surface area contributed by atoms with Crippen LogP contribution in [0.4, 0.5) is 11.4 Å². The van der Waals surface area contributed by atoms with Gasteiger partial charge in [-0.1, -0.05) is 12.8 Å². The van der Waals surface area contributed by atoms with Gasteiger partial charge in [-0.3, -0.25) is 0 Å². The number of benzene rings is 2. The molecule has 0 unspecified atom stereocenters. The van der Waals surface area contributed by atoms with Crippen LogP contribution in [0.1, 0.15) is 49.7 Å². The Morgan fingerprint density at radius 2 is 1.45 bits per heavy atom. The van der Waals surface area contributed by atoms with E-state index in [-0.39, 0.29) is 24.0 Å². The lowest BCUT2D eigenvalue weighted by molar-refractivity contribution is -0.00000718. The second-order valence-corrected chi connectivity index (χ2v) is 11.1. The van der Waals surface area contributed by atoms with Crippen LogP contribution in [-0.4, -0.2) is 43.9 Å². The van der Waals surface area contributed by atoms with Crippen molar-refractivity contribution < 1.29 is 28.7 Å². The van der Waals surface area contributed by atoms with E-state index in [2.05, 4.69) is 47.9 Å². The molecule has 2 aromatic carbocycles. The van der Waals surface area contributed by atoms with E-state index in [1.807, 2.05) is 11.3 Å². The fraction of sp³-hybridized carbons (Fsp3) is 0.556. The van der Waals surface area contributed by atoms with E-state index in [4.69, 9.17) is 9.72 Å². The van der Waals surface area contributed by atoms with E-state index in [9.17, 15) is 0 Å². The summed E-state index contributed by atoms with van der Waals surface area (Å²) in [5.74, 6) is 0.894. The van der Waals surface area contributed by atoms with E-state index < -0.39 is 0 Å². The van der Waals surface area contributed by atoms with Gasteiger partial charge in [0.25, 0.3) is 9.40 Å². The number of hydrogen-bond acceptors (Lipinski definition) is 4. The van der Waals surface area contributed by atoms with Crippen molar-refractivity contribution in [2.24, 2.45) is 5.92 Å². The Hall–Kier alpha value is -1.25. The van der Waals surface area contributed by atoms with Crippen LogP contribution in [-0.2, 0) is 4.74 Å². The molecule has 3 heterocycles. The van der Waals surface area contributed by atoms with Gasteiger partial charge in [0.05, 0.1) is 13.2 Å². The van der Waals surface area contributed by atoms with Gasteiger partial charge in [-0.05, 0) is 68.7 Å². The zero-order valence-electron chi connectivity index (χ0n) is 19.8. The van der Waals surface area contributed by atoms with E-state index in [1.165, 1.54) is 82.5 Å². The number of piperidine rings is 1. The number of morpholine rings is 1. The lowest BCUT2D eigenvalue weighted by Gasteiger charge is -2.45. The number of aryl methyl sites for hydroxylation is 2. The van der Waals surface area contributed by atoms with Crippen LogP contribution in [0.25, 0.3) is 20.4 Å². The molecule has 4 nitrogen and oxygen atoms in total. The van der Waals surface area contributed by atoms with Gasteiger partial charge in [0.2, 0.25) is 11.3 Å². The fourth-order valence-electron chi connectivity index (χ4n) is 6.25. The minimum Gasteiger partial charge on any atom is -1.00 e. The second kappa shape index (κ2) is 9.78. The van der Waals surface area contributed by atoms with Gasteiger partial charge in [-0.15, -0.1) is 0 Å². The third kappa shape index (κ3) is 4.43. The molecule has 1 aromatic heterocycles. The summed E-state index contributed by atoms with van der Waals surface area (Å²) in [7, 11) is 0. The Morgan fingerprint density at radius 1 is 0.818 bits per heavy atom. The van der Waals surface area contributed by atoms with Gasteiger partial charge in [0, 0.05) is 49.2 Å². The SMILES string of the molecule is Cc1cc(N2CCOCC2)cc2[s+]c3cc(N4CCC[C@H]5CCCC[C@@H]54)cc(C)c3nc12.[I-]. The molecule has 1 saturated carbocycles. The lowest BCUT2D eigenvalue weighted by atomic mass is 9.78. The molecule has 176 valence electrons. The Kier molecular flexibility index (Phi) is 6.96. The van der Waals surface area contributed by atoms with Crippen LogP contribution in [0.15, 0.2) is 24.3 Å². The quantitative estimate of drug-likeness (QED) is 0.267. The first-order chi connectivity index (χ1) is 15.7. The Labute approximate surface area is 218 Å². The zero-order chi connectivity index (χ0) is 21.7. The normalized spacial score (nSPS) is 23.5. The molecular weight excluding hydrogens is 541 g/mol. The number of rotatable bonds is 2. The minimum atomic E-state index is 0. The summed E-state index contributed by atoms with van der Waals surface area (Å²) in [6.45, 7) is 9.23. The number of nitrogens with zero attached hydrogens (tertiary/aromatic N) is 3. The summed E-state index contributed by atoms with van der Waals surface area (Å²) >= 11 is 1.92. The highest BCUT2D eigenvalue weighted by Gasteiger charge is 2.34. The van der Waals surface area contributed by atoms with Crippen LogP contribution in [0.3, 0.4) is 0 Å². The number of anilines is 2. The van der Waals surface area contributed by atoms with Gasteiger partial charge in [-0.2, -0.15) is 0 Å². The highest BCUT2D eigenvalue weighted by atomic mass is 127. The summed E-state index contributed by atoms with van der Waals surface area (Å²) in [6.07, 6.45) is 8.36. The number of hydrogen-bond donors (Lipinski definition) is 0. The molecule has 6 rings (SSSR count). The molecule has 33 heavy (non-hydrogen) atoms. The van der Waals surface area contributed by atoms with Crippen molar-refractivity contribution in [3.05, 3.63) is 35.4 Å². The highest BCUT2D eigenvalue weighted by Crippen LogP contribution is 2.40. The van der Waals surface area contributed by atoms with E-state index in [1.54, 1.807) is 0 Å². The molecule has 3 aliphatic rings. The third-order valence-corrected chi connectivity index (χ3v) is 8.96. The molecule has 3 fully saturated rings. The Balaban J connectivity index is 0.00000228. The molecule has 0 amide bonds. The predicted octanol–water partition coefficient (Wildman–Crippen LogP) is 3.35. The maximum absolute atomic E-state index is 5.56. The average Bonchev–Trinajstić information content (AvgIpc) is 2.83. The topological polar surface area (TPSA) is 28.6 Å². The van der Waals surface area contributed by atoms with Crippen molar-refractivity contribution >= 4 is 43.1 Å². The van der Waals surface area contributed by atoms with Gasteiger partial charge in [-0.25, -0.2) is 4.98 Å². The number of halogens is 1. The van der Waals surface area contributed by atoms with Crippen LogP contribution in [0, 0.1) is 19.8 Å². The number of aromatic nitrogens is 1. The van der Waals surface area contributed by atoms with Crippen molar-refractivity contribution in [2.75, 3.05) is 42.6 Å². The lowest BCUT2D eigenvalue weighted by Crippen LogP contribution is -3.00. The first kappa shape index (κ1) is 23.5. The van der Waals surface area contributed by atoms with Crippen LogP contribution < -0.4 is 33.8 Å². The first-order valence-corrected chi connectivity index (χ1v) is 13.3. The smallest absolute Gasteiger partial charge is 0.259 e. The van der Waals surface area contributed by atoms with E-state index in [0.29, 0.717) is 0 Å². The van der Waals surface area contributed by atoms with Gasteiger partial charge in [0.1, 0.15) is 11.0 Å². The summed E-state index contributed by atoms with van der Waals surface area (Å²) in [4.78, 5) is 10.4. The molecule has 0 radical (unpaired) electrons. The standard InChI is InChI=1S/C27H34N3OS.HI/c1-18-14-21(29-10-12-31-13-11-29)16-24-26(18)28-27-19(2)15-22(17-25(27)32-24)30-9-5-7-20-6-3-4-8-23(20)30;/h14-17,20,23H,3-13H2,1-2H3;1H/q+1;/p-1/t20-,23+;/m1./s1. The monoisotopic (exact) mass is 575 g/mol. The zero-order valence-corrected chi connectivity index (χ0v) is 22.8. The number of ether oxygens (including phenoxy) is 1. The summed E-state index contributed by atoms with van der Waals surface area (Å²) in [6, 6.07) is 10.2. The van der Waals surface area contributed by atoms with Crippen molar-refractivity contribution in [2.45, 2.75) is 58.4 Å². The molecule has 6 heteroatoms. The molecule has 2 aliphatic heterocycles. The molecular formula is C27H34IN3OS. The van der Waals surface area contributed by atoms with Crippen molar-refractivity contribution in [1.82, 2.24) is 4.98 Å². The average molecular weight is 576 g/mol. The summed E-state index contributed by atoms with van der Waals surface area (Å²) < 4.78 is 8.18. The molecule has 0 N–H and O–H groups in total. The summed E-state index contributed by atoms with van der Waals surface area (Å²) in [5, 5.41) is 0. The largest absolute Gasteiger partial charge is 1.00 e. The molecule has 0 bridgehead atoms. The van der Waals surface area contributed by atoms with Crippen molar-refractivity contribution in [3.8, 4) is 0 Å².